The van der Waals surface area contributed by atoms with Gasteiger partial charge in [0.2, 0.25) is 5.91 Å². The zero-order valence-corrected chi connectivity index (χ0v) is 10.7. The standard InChI is InChI=1S/C14H20N2O2/c1-18-13-8-11(6-7-12(13)15)9-2-4-10(5-3-9)14(16)17/h6-10H,2-5,15H2,1H3,(H2,16,17). The molecule has 0 saturated heterocycles. The number of hydrogen-bond acceptors (Lipinski definition) is 3. The first-order valence-electron chi connectivity index (χ1n) is 6.34. The maximum Gasteiger partial charge on any atom is 0.220 e. The molecule has 1 aliphatic rings. The van der Waals surface area contributed by atoms with Crippen molar-refractivity contribution in [1.29, 1.82) is 0 Å². The average Bonchev–Trinajstić information content (AvgIpc) is 2.39. The second-order valence-electron chi connectivity index (χ2n) is 4.95. The van der Waals surface area contributed by atoms with Crippen LogP contribution in [0.3, 0.4) is 0 Å². The van der Waals surface area contributed by atoms with Gasteiger partial charge in [0.15, 0.2) is 0 Å². The highest BCUT2D eigenvalue weighted by atomic mass is 16.5. The van der Waals surface area contributed by atoms with Crippen LogP contribution in [0.25, 0.3) is 0 Å². The molecular weight excluding hydrogens is 228 g/mol. The molecule has 0 unspecified atom stereocenters. The van der Waals surface area contributed by atoms with Crippen molar-refractivity contribution in [3.05, 3.63) is 23.8 Å². The van der Waals surface area contributed by atoms with E-state index in [0.717, 1.165) is 31.4 Å². The maximum atomic E-state index is 11.1. The summed E-state index contributed by atoms with van der Waals surface area (Å²) in [6.45, 7) is 0. The summed E-state index contributed by atoms with van der Waals surface area (Å²) in [5, 5.41) is 0. The minimum absolute atomic E-state index is 0.0527. The minimum Gasteiger partial charge on any atom is -0.495 e. The van der Waals surface area contributed by atoms with Crippen LogP contribution >= 0.6 is 0 Å². The molecule has 1 amide bonds. The Bertz CT molecular complexity index is 437. The average molecular weight is 248 g/mol. The van der Waals surface area contributed by atoms with Gasteiger partial charge in [-0.15, -0.1) is 0 Å². The first kappa shape index (κ1) is 12.7. The van der Waals surface area contributed by atoms with Crippen molar-refractivity contribution in [2.45, 2.75) is 31.6 Å². The first-order valence-corrected chi connectivity index (χ1v) is 6.34. The summed E-state index contributed by atoms with van der Waals surface area (Å²) in [5.41, 5.74) is 13.0. The molecule has 1 aromatic rings. The summed E-state index contributed by atoms with van der Waals surface area (Å²) in [5.74, 6) is 1.10. The minimum atomic E-state index is -0.164. The Labute approximate surface area is 107 Å². The molecular formula is C14H20N2O2. The lowest BCUT2D eigenvalue weighted by Gasteiger charge is -2.27. The van der Waals surface area contributed by atoms with Crippen LogP contribution in [-0.2, 0) is 4.79 Å². The number of primary amides is 1. The summed E-state index contributed by atoms with van der Waals surface area (Å²) in [4.78, 5) is 11.1. The largest absolute Gasteiger partial charge is 0.495 e. The number of amides is 1. The highest BCUT2D eigenvalue weighted by molar-refractivity contribution is 5.76. The number of ether oxygens (including phenoxy) is 1. The van der Waals surface area contributed by atoms with Crippen molar-refractivity contribution in [2.75, 3.05) is 12.8 Å². The van der Waals surface area contributed by atoms with Crippen LogP contribution in [0.5, 0.6) is 5.75 Å². The van der Waals surface area contributed by atoms with Crippen LogP contribution in [0, 0.1) is 5.92 Å². The van der Waals surface area contributed by atoms with Crippen LogP contribution in [-0.4, -0.2) is 13.0 Å². The number of anilines is 1. The Balaban J connectivity index is 2.07. The Morgan fingerprint density at radius 3 is 2.50 bits per heavy atom. The van der Waals surface area contributed by atoms with Crippen LogP contribution in [0.1, 0.15) is 37.2 Å². The monoisotopic (exact) mass is 248 g/mol. The van der Waals surface area contributed by atoms with Crippen LogP contribution in [0.15, 0.2) is 18.2 Å². The molecule has 0 aromatic heterocycles. The van der Waals surface area contributed by atoms with Gasteiger partial charge in [-0.3, -0.25) is 4.79 Å². The van der Waals surface area contributed by atoms with E-state index in [1.165, 1.54) is 5.56 Å². The van der Waals surface area contributed by atoms with Gasteiger partial charge < -0.3 is 16.2 Å². The summed E-state index contributed by atoms with van der Waals surface area (Å²) in [6, 6.07) is 5.94. The number of hydrogen-bond donors (Lipinski definition) is 2. The summed E-state index contributed by atoms with van der Waals surface area (Å²) in [6.07, 6.45) is 3.76. The summed E-state index contributed by atoms with van der Waals surface area (Å²) >= 11 is 0. The summed E-state index contributed by atoms with van der Waals surface area (Å²) in [7, 11) is 1.62. The molecule has 0 aliphatic heterocycles. The fourth-order valence-corrected chi connectivity index (χ4v) is 2.69. The maximum absolute atomic E-state index is 11.1. The van der Waals surface area contributed by atoms with Crippen molar-refractivity contribution < 1.29 is 9.53 Å². The first-order chi connectivity index (χ1) is 8.61. The Hall–Kier alpha value is -1.71. The SMILES string of the molecule is COc1cc(C2CCC(C(N)=O)CC2)ccc1N. The number of rotatable bonds is 3. The number of carbonyl (C=O) groups is 1. The smallest absolute Gasteiger partial charge is 0.220 e. The molecule has 0 heterocycles. The zero-order valence-electron chi connectivity index (χ0n) is 10.7. The van der Waals surface area contributed by atoms with Crippen molar-refractivity contribution in [1.82, 2.24) is 0 Å². The lowest BCUT2D eigenvalue weighted by Crippen LogP contribution is -2.27. The molecule has 0 spiro atoms. The molecule has 1 saturated carbocycles. The van der Waals surface area contributed by atoms with Crippen molar-refractivity contribution in [3.8, 4) is 5.75 Å². The fraction of sp³-hybridized carbons (Fsp3) is 0.500. The second-order valence-corrected chi connectivity index (χ2v) is 4.95. The van der Waals surface area contributed by atoms with Gasteiger partial charge in [-0.2, -0.15) is 0 Å². The van der Waals surface area contributed by atoms with E-state index < -0.39 is 0 Å². The third kappa shape index (κ3) is 2.58. The van der Waals surface area contributed by atoms with E-state index in [2.05, 4.69) is 0 Å². The highest BCUT2D eigenvalue weighted by Crippen LogP contribution is 2.37. The molecule has 4 N–H and O–H groups in total. The van der Waals surface area contributed by atoms with Gasteiger partial charge in [0.05, 0.1) is 12.8 Å². The molecule has 0 atom stereocenters. The van der Waals surface area contributed by atoms with E-state index in [0.29, 0.717) is 11.6 Å². The van der Waals surface area contributed by atoms with Gasteiger partial charge >= 0.3 is 0 Å². The van der Waals surface area contributed by atoms with Crippen LogP contribution in [0.2, 0.25) is 0 Å². The predicted molar refractivity (Wildman–Crippen MR) is 71.3 cm³/mol. The Kier molecular flexibility index (Phi) is 3.75. The zero-order chi connectivity index (χ0) is 13.1. The molecule has 98 valence electrons. The van der Waals surface area contributed by atoms with Crippen LogP contribution < -0.4 is 16.2 Å². The topological polar surface area (TPSA) is 78.3 Å². The Morgan fingerprint density at radius 2 is 1.94 bits per heavy atom. The third-order valence-electron chi connectivity index (χ3n) is 3.86. The number of nitrogens with two attached hydrogens (primary N) is 2. The van der Waals surface area contributed by atoms with Crippen molar-refractivity contribution in [2.24, 2.45) is 11.7 Å². The summed E-state index contributed by atoms with van der Waals surface area (Å²) < 4.78 is 5.24. The predicted octanol–water partition coefficient (Wildman–Crippen LogP) is 2.04. The van der Waals surface area contributed by atoms with Gasteiger partial charge in [0.25, 0.3) is 0 Å². The Morgan fingerprint density at radius 1 is 1.28 bits per heavy atom. The normalized spacial score (nSPS) is 23.6. The van der Waals surface area contributed by atoms with E-state index >= 15 is 0 Å². The second kappa shape index (κ2) is 5.29. The van der Waals surface area contributed by atoms with E-state index in [1.807, 2.05) is 18.2 Å². The van der Waals surface area contributed by atoms with Crippen molar-refractivity contribution >= 4 is 11.6 Å². The molecule has 2 rings (SSSR count). The quantitative estimate of drug-likeness (QED) is 0.803. The number of methoxy groups -OCH3 is 1. The van der Waals surface area contributed by atoms with E-state index in [9.17, 15) is 4.79 Å². The number of benzene rings is 1. The molecule has 4 heteroatoms. The number of carbonyl (C=O) groups excluding carboxylic acids is 1. The lowest BCUT2D eigenvalue weighted by molar-refractivity contribution is -0.122. The molecule has 1 aliphatic carbocycles. The highest BCUT2D eigenvalue weighted by Gasteiger charge is 2.25. The molecule has 18 heavy (non-hydrogen) atoms. The van der Waals surface area contributed by atoms with E-state index in [-0.39, 0.29) is 11.8 Å². The van der Waals surface area contributed by atoms with Gasteiger partial charge in [-0.25, -0.2) is 0 Å². The van der Waals surface area contributed by atoms with Gasteiger partial charge in [-0.05, 0) is 49.3 Å². The number of nitrogen functional groups attached to an aromatic ring is 1. The van der Waals surface area contributed by atoms with Gasteiger partial charge in [0.1, 0.15) is 5.75 Å². The molecule has 0 bridgehead atoms. The fourth-order valence-electron chi connectivity index (χ4n) is 2.69. The molecule has 4 nitrogen and oxygen atoms in total. The van der Waals surface area contributed by atoms with Crippen molar-refractivity contribution in [3.63, 3.8) is 0 Å². The van der Waals surface area contributed by atoms with Gasteiger partial charge in [0, 0.05) is 5.92 Å². The lowest BCUT2D eigenvalue weighted by atomic mass is 9.78. The van der Waals surface area contributed by atoms with E-state index in [4.69, 9.17) is 16.2 Å². The van der Waals surface area contributed by atoms with Gasteiger partial charge in [-0.1, -0.05) is 6.07 Å². The van der Waals surface area contributed by atoms with Crippen LogP contribution in [0.4, 0.5) is 5.69 Å². The third-order valence-corrected chi connectivity index (χ3v) is 3.86. The molecule has 1 aromatic carbocycles. The molecule has 0 radical (unpaired) electrons. The van der Waals surface area contributed by atoms with E-state index in [1.54, 1.807) is 7.11 Å². The molecule has 1 fully saturated rings.